The first-order chi connectivity index (χ1) is 7.50. The Kier molecular flexibility index (Phi) is 5.39. The number of carbonyl (C=O) groups excluding carboxylic acids is 1. The zero-order valence-corrected chi connectivity index (χ0v) is 11.6. The second kappa shape index (κ2) is 6.11. The van der Waals surface area contributed by atoms with Gasteiger partial charge < -0.3 is 5.32 Å². The zero-order valence-electron chi connectivity index (χ0n) is 10.1. The van der Waals surface area contributed by atoms with Crippen LogP contribution in [0.5, 0.6) is 0 Å². The van der Waals surface area contributed by atoms with E-state index >= 15 is 0 Å². The van der Waals surface area contributed by atoms with E-state index in [9.17, 15) is 4.79 Å². The van der Waals surface area contributed by atoms with Crippen molar-refractivity contribution >= 4 is 29.1 Å². The number of rotatable bonds is 4. The summed E-state index contributed by atoms with van der Waals surface area (Å²) < 4.78 is 0. The van der Waals surface area contributed by atoms with Crippen molar-refractivity contribution in [1.29, 1.82) is 0 Å². The van der Waals surface area contributed by atoms with Crippen LogP contribution in [0.3, 0.4) is 0 Å². The molecule has 0 bridgehead atoms. The number of halogens is 2. The summed E-state index contributed by atoms with van der Waals surface area (Å²) in [4.78, 5) is 12.0. The van der Waals surface area contributed by atoms with Crippen LogP contribution >= 0.6 is 23.2 Å². The molecule has 0 unspecified atom stereocenters. The molecule has 1 fully saturated rings. The molecule has 1 aliphatic carbocycles. The predicted molar refractivity (Wildman–Crippen MR) is 69.1 cm³/mol. The van der Waals surface area contributed by atoms with Gasteiger partial charge in [-0.15, -0.1) is 23.2 Å². The first kappa shape index (κ1) is 14.1. The van der Waals surface area contributed by atoms with Crippen LogP contribution < -0.4 is 5.32 Å². The number of alkyl halides is 2. The Hall–Kier alpha value is 0.0500. The van der Waals surface area contributed by atoms with E-state index in [4.69, 9.17) is 23.2 Å². The van der Waals surface area contributed by atoms with Gasteiger partial charge in [-0.3, -0.25) is 4.79 Å². The molecule has 0 saturated heterocycles. The van der Waals surface area contributed by atoms with Gasteiger partial charge in [-0.1, -0.05) is 6.92 Å². The van der Waals surface area contributed by atoms with Crippen LogP contribution in [0, 0.1) is 11.8 Å². The molecule has 0 aromatic heterocycles. The summed E-state index contributed by atoms with van der Waals surface area (Å²) in [6.07, 6.45) is 4.29. The van der Waals surface area contributed by atoms with Crippen molar-refractivity contribution in [3.8, 4) is 0 Å². The molecule has 0 spiro atoms. The molecule has 1 amide bonds. The van der Waals surface area contributed by atoms with Gasteiger partial charge in [0.2, 0.25) is 5.91 Å². The summed E-state index contributed by atoms with van der Waals surface area (Å²) >= 11 is 11.6. The van der Waals surface area contributed by atoms with Crippen molar-refractivity contribution in [3.63, 3.8) is 0 Å². The average molecular weight is 266 g/mol. The number of hydrogen-bond donors (Lipinski definition) is 1. The lowest BCUT2D eigenvalue weighted by Crippen LogP contribution is -2.51. The van der Waals surface area contributed by atoms with Gasteiger partial charge in [-0.25, -0.2) is 0 Å². The third kappa shape index (κ3) is 3.81. The van der Waals surface area contributed by atoms with E-state index in [0.717, 1.165) is 31.6 Å². The summed E-state index contributed by atoms with van der Waals surface area (Å²) in [5, 5.41) is 2.97. The first-order valence-corrected chi connectivity index (χ1v) is 7.01. The number of hydrogen-bond acceptors (Lipinski definition) is 1. The third-order valence-corrected chi connectivity index (χ3v) is 4.58. The molecule has 2 nitrogen and oxygen atoms in total. The topological polar surface area (TPSA) is 29.1 Å². The largest absolute Gasteiger partial charge is 0.348 e. The molecule has 0 aromatic carbocycles. The minimum absolute atomic E-state index is 0.121. The molecular formula is C12H21Cl2NO. The van der Waals surface area contributed by atoms with Crippen molar-refractivity contribution in [1.82, 2.24) is 5.32 Å². The summed E-state index contributed by atoms with van der Waals surface area (Å²) in [7, 11) is 0. The van der Waals surface area contributed by atoms with Crippen molar-refractivity contribution in [2.24, 2.45) is 11.8 Å². The fourth-order valence-corrected chi connectivity index (χ4v) is 2.44. The number of amides is 1. The molecular weight excluding hydrogens is 245 g/mol. The van der Waals surface area contributed by atoms with Crippen LogP contribution in [-0.4, -0.2) is 23.2 Å². The molecule has 1 rings (SSSR count). The van der Waals surface area contributed by atoms with Crippen LogP contribution in [0.2, 0.25) is 0 Å². The number of nitrogens with one attached hydrogen (secondary N) is 1. The van der Waals surface area contributed by atoms with Crippen molar-refractivity contribution in [2.45, 2.75) is 45.1 Å². The zero-order chi connectivity index (χ0) is 12.2. The lowest BCUT2D eigenvalue weighted by atomic mass is 9.82. The first-order valence-electron chi connectivity index (χ1n) is 5.94. The van der Waals surface area contributed by atoms with Crippen molar-refractivity contribution < 1.29 is 4.79 Å². The Morgan fingerprint density at radius 3 is 2.19 bits per heavy atom. The molecule has 4 heteroatoms. The molecule has 1 N–H and O–H groups in total. The Labute approximate surface area is 108 Å². The standard InChI is InChI=1S/C12H21Cl2NO/c1-9-3-5-10(6-4-9)11(16)15-12(2,7-13)8-14/h9-10H,3-8H2,1-2H3,(H,15,16). The summed E-state index contributed by atoms with van der Waals surface area (Å²) in [6.45, 7) is 4.13. The van der Waals surface area contributed by atoms with E-state index in [0.29, 0.717) is 11.8 Å². The van der Waals surface area contributed by atoms with Gasteiger partial charge in [0.15, 0.2) is 0 Å². The average Bonchev–Trinajstić information content (AvgIpc) is 2.29. The van der Waals surface area contributed by atoms with E-state index in [1.165, 1.54) is 0 Å². The normalized spacial score (nSPS) is 26.5. The molecule has 1 saturated carbocycles. The highest BCUT2D eigenvalue weighted by atomic mass is 35.5. The highest BCUT2D eigenvalue weighted by molar-refractivity contribution is 6.22. The molecule has 0 radical (unpaired) electrons. The smallest absolute Gasteiger partial charge is 0.223 e. The molecule has 1 aliphatic rings. The fourth-order valence-electron chi connectivity index (χ4n) is 2.02. The molecule has 0 atom stereocenters. The maximum atomic E-state index is 12.0. The van der Waals surface area contributed by atoms with Crippen LogP contribution in [0.25, 0.3) is 0 Å². The Balaban J connectivity index is 2.46. The van der Waals surface area contributed by atoms with Crippen LogP contribution in [0.1, 0.15) is 39.5 Å². The quantitative estimate of drug-likeness (QED) is 0.778. The minimum atomic E-state index is -0.469. The van der Waals surface area contributed by atoms with E-state index in [1.54, 1.807) is 0 Å². The van der Waals surface area contributed by atoms with Gasteiger partial charge in [0.1, 0.15) is 0 Å². The van der Waals surface area contributed by atoms with Gasteiger partial charge in [0.05, 0.1) is 5.54 Å². The summed E-state index contributed by atoms with van der Waals surface area (Å²) in [6, 6.07) is 0. The minimum Gasteiger partial charge on any atom is -0.348 e. The highest BCUT2D eigenvalue weighted by Crippen LogP contribution is 2.28. The van der Waals surface area contributed by atoms with Gasteiger partial charge in [0, 0.05) is 17.7 Å². The molecule has 0 aliphatic heterocycles. The van der Waals surface area contributed by atoms with Gasteiger partial charge in [-0.2, -0.15) is 0 Å². The molecule has 0 heterocycles. The van der Waals surface area contributed by atoms with E-state index in [1.807, 2.05) is 6.92 Å². The van der Waals surface area contributed by atoms with Crippen LogP contribution in [0.15, 0.2) is 0 Å². The molecule has 0 aromatic rings. The van der Waals surface area contributed by atoms with Crippen molar-refractivity contribution in [3.05, 3.63) is 0 Å². The fraction of sp³-hybridized carbons (Fsp3) is 0.917. The summed E-state index contributed by atoms with van der Waals surface area (Å²) in [5.74, 6) is 1.74. The van der Waals surface area contributed by atoms with Gasteiger partial charge in [-0.05, 0) is 38.5 Å². The van der Waals surface area contributed by atoms with E-state index in [2.05, 4.69) is 12.2 Å². The lowest BCUT2D eigenvalue weighted by molar-refractivity contribution is -0.127. The highest BCUT2D eigenvalue weighted by Gasteiger charge is 2.30. The monoisotopic (exact) mass is 265 g/mol. The van der Waals surface area contributed by atoms with E-state index < -0.39 is 5.54 Å². The third-order valence-electron chi connectivity index (χ3n) is 3.40. The lowest BCUT2D eigenvalue weighted by Gasteiger charge is -2.31. The molecule has 16 heavy (non-hydrogen) atoms. The Bertz CT molecular complexity index is 233. The summed E-state index contributed by atoms with van der Waals surface area (Å²) in [5.41, 5.74) is -0.469. The van der Waals surface area contributed by atoms with Crippen LogP contribution in [-0.2, 0) is 4.79 Å². The SMILES string of the molecule is CC1CCC(C(=O)NC(C)(CCl)CCl)CC1. The van der Waals surface area contributed by atoms with E-state index in [-0.39, 0.29) is 11.8 Å². The maximum absolute atomic E-state index is 12.0. The van der Waals surface area contributed by atoms with Gasteiger partial charge in [0.25, 0.3) is 0 Å². The Morgan fingerprint density at radius 1 is 1.25 bits per heavy atom. The predicted octanol–water partition coefficient (Wildman–Crippen LogP) is 3.17. The van der Waals surface area contributed by atoms with Crippen LogP contribution in [0.4, 0.5) is 0 Å². The second-order valence-electron chi connectivity index (χ2n) is 5.27. The van der Waals surface area contributed by atoms with Gasteiger partial charge >= 0.3 is 0 Å². The Morgan fingerprint density at radius 2 is 1.75 bits per heavy atom. The second-order valence-corrected chi connectivity index (χ2v) is 5.81. The van der Waals surface area contributed by atoms with Crippen molar-refractivity contribution in [2.75, 3.05) is 11.8 Å². The molecule has 94 valence electrons. The maximum Gasteiger partial charge on any atom is 0.223 e. The number of carbonyl (C=O) groups is 1.